The Morgan fingerprint density at radius 2 is 1.94 bits per heavy atom. The van der Waals surface area contributed by atoms with Gasteiger partial charge in [0.1, 0.15) is 0 Å². The lowest BCUT2D eigenvalue weighted by Crippen LogP contribution is -2.33. The quantitative estimate of drug-likeness (QED) is 0.903. The molecule has 1 fully saturated rings. The first kappa shape index (κ1) is 13.1. The molecule has 0 radical (unpaired) electrons. The molecule has 0 amide bonds. The summed E-state index contributed by atoms with van der Waals surface area (Å²) < 4.78 is 26.7. The van der Waals surface area contributed by atoms with Crippen molar-refractivity contribution in [2.75, 3.05) is 0 Å². The Balaban J connectivity index is 2.10. The number of rotatable bonds is 4. The second-order valence-corrected chi connectivity index (χ2v) is 6.38. The maximum atomic E-state index is 12.0. The van der Waals surface area contributed by atoms with Crippen LogP contribution in [0.15, 0.2) is 24.3 Å². The molecule has 0 unspecified atom stereocenters. The van der Waals surface area contributed by atoms with Gasteiger partial charge in [-0.3, -0.25) is 0 Å². The SMILES string of the molecule is N#Cc1ccccc1CS(=O)(=O)NC1CCCC1. The Labute approximate surface area is 108 Å². The van der Waals surface area contributed by atoms with Crippen LogP contribution in [0.3, 0.4) is 0 Å². The summed E-state index contributed by atoms with van der Waals surface area (Å²) in [5.74, 6) is -0.118. The van der Waals surface area contributed by atoms with Crippen LogP contribution in [0, 0.1) is 11.3 Å². The van der Waals surface area contributed by atoms with E-state index in [1.165, 1.54) is 0 Å². The molecule has 1 aliphatic rings. The Bertz CT molecular complexity index is 555. The van der Waals surface area contributed by atoms with E-state index < -0.39 is 10.0 Å². The highest BCUT2D eigenvalue weighted by molar-refractivity contribution is 7.88. The summed E-state index contributed by atoms with van der Waals surface area (Å²) in [6, 6.07) is 8.91. The van der Waals surface area contributed by atoms with E-state index >= 15 is 0 Å². The number of sulfonamides is 1. The first-order valence-electron chi connectivity index (χ1n) is 6.09. The van der Waals surface area contributed by atoms with E-state index in [-0.39, 0.29) is 11.8 Å². The van der Waals surface area contributed by atoms with Crippen molar-refractivity contribution in [1.29, 1.82) is 5.26 Å². The van der Waals surface area contributed by atoms with Crippen molar-refractivity contribution in [3.8, 4) is 6.07 Å². The van der Waals surface area contributed by atoms with Crippen molar-refractivity contribution in [1.82, 2.24) is 4.72 Å². The highest BCUT2D eigenvalue weighted by Gasteiger charge is 2.22. The fraction of sp³-hybridized carbons (Fsp3) is 0.462. The second-order valence-electron chi connectivity index (χ2n) is 4.63. The molecule has 0 atom stereocenters. The number of nitriles is 1. The van der Waals surface area contributed by atoms with E-state index in [2.05, 4.69) is 4.72 Å². The van der Waals surface area contributed by atoms with Crippen LogP contribution in [-0.4, -0.2) is 14.5 Å². The summed E-state index contributed by atoms with van der Waals surface area (Å²) in [5, 5.41) is 8.93. The van der Waals surface area contributed by atoms with E-state index in [1.807, 2.05) is 6.07 Å². The Hall–Kier alpha value is -1.38. The minimum atomic E-state index is -3.35. The molecule has 1 aromatic carbocycles. The molecule has 18 heavy (non-hydrogen) atoms. The smallest absolute Gasteiger partial charge is 0.212 e. The average molecular weight is 264 g/mol. The first-order valence-corrected chi connectivity index (χ1v) is 7.74. The van der Waals surface area contributed by atoms with Crippen LogP contribution in [0.4, 0.5) is 0 Å². The molecule has 0 aromatic heterocycles. The average Bonchev–Trinajstić information content (AvgIpc) is 2.81. The number of hydrogen-bond acceptors (Lipinski definition) is 3. The van der Waals surface area contributed by atoms with Gasteiger partial charge in [-0.05, 0) is 24.5 Å². The Kier molecular flexibility index (Phi) is 4.00. The molecule has 1 aromatic rings. The highest BCUT2D eigenvalue weighted by atomic mass is 32.2. The van der Waals surface area contributed by atoms with Crippen LogP contribution in [0.25, 0.3) is 0 Å². The van der Waals surface area contributed by atoms with Crippen LogP contribution >= 0.6 is 0 Å². The Morgan fingerprint density at radius 3 is 2.61 bits per heavy atom. The van der Waals surface area contributed by atoms with Crippen molar-refractivity contribution in [2.45, 2.75) is 37.5 Å². The maximum Gasteiger partial charge on any atom is 0.216 e. The maximum absolute atomic E-state index is 12.0. The summed E-state index contributed by atoms with van der Waals surface area (Å²) >= 11 is 0. The van der Waals surface area contributed by atoms with Gasteiger partial charge in [-0.2, -0.15) is 5.26 Å². The monoisotopic (exact) mass is 264 g/mol. The van der Waals surface area contributed by atoms with E-state index in [0.29, 0.717) is 11.1 Å². The van der Waals surface area contributed by atoms with Crippen LogP contribution in [0.1, 0.15) is 36.8 Å². The molecule has 0 saturated heterocycles. The minimum absolute atomic E-state index is 0.0734. The van der Waals surface area contributed by atoms with Crippen LogP contribution in [0.5, 0.6) is 0 Å². The molecule has 0 aliphatic heterocycles. The third-order valence-corrected chi connectivity index (χ3v) is 4.57. The number of hydrogen-bond donors (Lipinski definition) is 1. The van der Waals surface area contributed by atoms with Crippen molar-refractivity contribution >= 4 is 10.0 Å². The predicted octanol–water partition coefficient (Wildman–Crippen LogP) is 1.92. The summed E-state index contributed by atoms with van der Waals surface area (Å²) in [6.45, 7) is 0. The lowest BCUT2D eigenvalue weighted by atomic mass is 10.1. The van der Waals surface area contributed by atoms with Gasteiger partial charge in [0.15, 0.2) is 0 Å². The second kappa shape index (κ2) is 5.51. The van der Waals surface area contributed by atoms with Gasteiger partial charge in [-0.1, -0.05) is 31.0 Å². The van der Waals surface area contributed by atoms with Gasteiger partial charge in [-0.25, -0.2) is 13.1 Å². The number of nitrogens with one attached hydrogen (secondary N) is 1. The fourth-order valence-electron chi connectivity index (χ4n) is 2.30. The molecule has 96 valence electrons. The predicted molar refractivity (Wildman–Crippen MR) is 69.2 cm³/mol. The van der Waals surface area contributed by atoms with E-state index in [0.717, 1.165) is 25.7 Å². The summed E-state index contributed by atoms with van der Waals surface area (Å²) in [6.07, 6.45) is 4.00. The zero-order valence-corrected chi connectivity index (χ0v) is 10.9. The zero-order valence-electron chi connectivity index (χ0n) is 10.1. The topological polar surface area (TPSA) is 70.0 Å². The molecule has 2 rings (SSSR count). The van der Waals surface area contributed by atoms with E-state index in [4.69, 9.17) is 5.26 Å². The Morgan fingerprint density at radius 1 is 1.28 bits per heavy atom. The van der Waals surface area contributed by atoms with Crippen LogP contribution < -0.4 is 4.72 Å². The summed E-state index contributed by atoms with van der Waals surface area (Å²) in [4.78, 5) is 0. The largest absolute Gasteiger partial charge is 0.216 e. The third-order valence-electron chi connectivity index (χ3n) is 3.18. The van der Waals surface area contributed by atoms with E-state index in [9.17, 15) is 8.42 Å². The molecule has 1 N–H and O–H groups in total. The molecule has 0 spiro atoms. The van der Waals surface area contributed by atoms with Gasteiger partial charge >= 0.3 is 0 Å². The zero-order chi connectivity index (χ0) is 13.0. The van der Waals surface area contributed by atoms with Crippen molar-refractivity contribution < 1.29 is 8.42 Å². The van der Waals surface area contributed by atoms with E-state index in [1.54, 1.807) is 24.3 Å². The van der Waals surface area contributed by atoms with Crippen molar-refractivity contribution in [2.24, 2.45) is 0 Å². The third kappa shape index (κ3) is 3.31. The fourth-order valence-corrected chi connectivity index (χ4v) is 3.79. The molecule has 0 heterocycles. The first-order chi connectivity index (χ1) is 8.61. The molecule has 5 heteroatoms. The number of nitrogens with zero attached hydrogens (tertiary/aromatic N) is 1. The van der Waals surface area contributed by atoms with Crippen molar-refractivity contribution in [3.05, 3.63) is 35.4 Å². The van der Waals surface area contributed by atoms with Crippen molar-refractivity contribution in [3.63, 3.8) is 0 Å². The molecule has 0 bridgehead atoms. The van der Waals surface area contributed by atoms with Crippen LogP contribution in [-0.2, 0) is 15.8 Å². The summed E-state index contributed by atoms with van der Waals surface area (Å²) in [5.41, 5.74) is 0.986. The van der Waals surface area contributed by atoms with Gasteiger partial charge in [0.05, 0.1) is 17.4 Å². The normalized spacial score (nSPS) is 16.6. The van der Waals surface area contributed by atoms with Gasteiger partial charge in [-0.15, -0.1) is 0 Å². The molecular weight excluding hydrogens is 248 g/mol. The standard InChI is InChI=1S/C13H16N2O2S/c14-9-11-5-1-2-6-12(11)10-18(16,17)15-13-7-3-4-8-13/h1-2,5-6,13,15H,3-4,7-8,10H2. The molecule has 4 nitrogen and oxygen atoms in total. The molecular formula is C13H16N2O2S. The van der Waals surface area contributed by atoms with Gasteiger partial charge in [0, 0.05) is 6.04 Å². The number of benzene rings is 1. The van der Waals surface area contributed by atoms with Gasteiger partial charge < -0.3 is 0 Å². The molecule has 1 saturated carbocycles. The van der Waals surface area contributed by atoms with Crippen LogP contribution in [0.2, 0.25) is 0 Å². The lowest BCUT2D eigenvalue weighted by molar-refractivity contribution is 0.551. The molecule has 1 aliphatic carbocycles. The summed E-state index contributed by atoms with van der Waals surface area (Å²) in [7, 11) is -3.35. The lowest BCUT2D eigenvalue weighted by Gasteiger charge is -2.12. The van der Waals surface area contributed by atoms with Gasteiger partial charge in [0.25, 0.3) is 0 Å². The van der Waals surface area contributed by atoms with Gasteiger partial charge in [0.2, 0.25) is 10.0 Å². The minimum Gasteiger partial charge on any atom is -0.212 e. The highest BCUT2D eigenvalue weighted by Crippen LogP contribution is 2.19.